The summed E-state index contributed by atoms with van der Waals surface area (Å²) < 4.78 is 12.3. The summed E-state index contributed by atoms with van der Waals surface area (Å²) in [5.74, 6) is 1.32. The van der Waals surface area contributed by atoms with Gasteiger partial charge >= 0.3 is 0 Å². The highest BCUT2D eigenvalue weighted by molar-refractivity contribution is 8.26. The Morgan fingerprint density at radius 1 is 1.19 bits per heavy atom. The van der Waals surface area contributed by atoms with E-state index in [2.05, 4.69) is 26.5 Å². The van der Waals surface area contributed by atoms with Crippen LogP contribution in [-0.2, 0) is 11.2 Å². The van der Waals surface area contributed by atoms with Crippen LogP contribution < -0.4 is 9.47 Å². The fraction of sp³-hybridized carbons (Fsp3) is 0.250. The maximum atomic E-state index is 12.6. The number of hydrogen-bond acceptors (Lipinski definition) is 5. The van der Waals surface area contributed by atoms with Crippen molar-refractivity contribution in [2.45, 2.75) is 20.3 Å². The first-order valence-corrected chi connectivity index (χ1v) is 11.5. The van der Waals surface area contributed by atoms with Gasteiger partial charge in [-0.3, -0.25) is 9.69 Å². The third kappa shape index (κ3) is 6.12. The van der Waals surface area contributed by atoms with E-state index in [1.165, 1.54) is 27.8 Å². The number of rotatable bonds is 9. The summed E-state index contributed by atoms with van der Waals surface area (Å²) in [6, 6.07) is 11.5. The lowest BCUT2D eigenvalue weighted by Crippen LogP contribution is -2.27. The number of carbonyl (C=O) groups excluding carboxylic acids is 1. The Bertz CT molecular complexity index is 1040. The number of nitrogens with zero attached hydrogens (tertiary/aromatic N) is 1. The zero-order valence-corrected chi connectivity index (χ0v) is 19.9. The molecule has 1 aliphatic heterocycles. The lowest BCUT2D eigenvalue weighted by molar-refractivity contribution is -0.121. The molecule has 162 valence electrons. The van der Waals surface area contributed by atoms with Gasteiger partial charge in [-0.15, -0.1) is 6.58 Å². The molecule has 0 spiro atoms. The molecule has 31 heavy (non-hydrogen) atoms. The fourth-order valence-corrected chi connectivity index (χ4v) is 4.56. The minimum absolute atomic E-state index is 0.143. The van der Waals surface area contributed by atoms with Crippen LogP contribution in [0.5, 0.6) is 11.5 Å². The van der Waals surface area contributed by atoms with Crippen LogP contribution in [0.15, 0.2) is 54.0 Å². The Kier molecular flexibility index (Phi) is 8.18. The molecule has 7 heteroatoms. The maximum absolute atomic E-state index is 12.6. The van der Waals surface area contributed by atoms with Gasteiger partial charge in [-0.2, -0.15) is 0 Å². The summed E-state index contributed by atoms with van der Waals surface area (Å²) in [7, 11) is 0. The molecule has 0 aromatic heterocycles. The third-order valence-electron chi connectivity index (χ3n) is 4.57. The molecule has 1 saturated heterocycles. The Morgan fingerprint density at radius 3 is 2.71 bits per heavy atom. The summed E-state index contributed by atoms with van der Waals surface area (Å²) in [5, 5.41) is 0.559. The Morgan fingerprint density at radius 2 is 1.97 bits per heavy atom. The number of halogens is 1. The summed E-state index contributed by atoms with van der Waals surface area (Å²) in [5.41, 5.74) is 3.13. The molecule has 2 aromatic rings. The van der Waals surface area contributed by atoms with Crippen molar-refractivity contribution in [1.29, 1.82) is 0 Å². The third-order valence-corrected chi connectivity index (χ3v) is 6.19. The second kappa shape index (κ2) is 10.8. The normalized spacial score (nSPS) is 14.9. The van der Waals surface area contributed by atoms with Gasteiger partial charge in [-0.25, -0.2) is 0 Å². The Labute approximate surface area is 197 Å². The van der Waals surface area contributed by atoms with Gasteiger partial charge < -0.3 is 9.47 Å². The molecule has 4 nitrogen and oxygen atoms in total. The molecule has 0 saturated carbocycles. The standard InChI is InChI=1S/C24H24ClNO3S2/c1-4-8-26-23(27)22(31-24(26)30)15-18-14-19(25)6-7-21(18)29-10-9-28-20-12-16(3)11-17(5-2)13-20/h4,6-7,11-15H,1,5,8-10H2,2-3H3. The molecule has 0 N–H and O–H groups in total. The molecule has 1 aliphatic rings. The van der Waals surface area contributed by atoms with E-state index in [0.29, 0.717) is 39.8 Å². The SMILES string of the molecule is C=CCN1C(=O)C(=Cc2cc(Cl)ccc2OCCOc2cc(C)cc(CC)c2)SC1=S. The number of thioether (sulfide) groups is 1. The van der Waals surface area contributed by atoms with Gasteiger partial charge in [0.05, 0.1) is 4.91 Å². The zero-order chi connectivity index (χ0) is 22.4. The van der Waals surface area contributed by atoms with Gasteiger partial charge in [0, 0.05) is 17.1 Å². The zero-order valence-electron chi connectivity index (χ0n) is 17.5. The van der Waals surface area contributed by atoms with Crippen LogP contribution >= 0.6 is 35.6 Å². The summed E-state index contributed by atoms with van der Waals surface area (Å²) in [6.07, 6.45) is 4.37. The minimum Gasteiger partial charge on any atom is -0.490 e. The van der Waals surface area contributed by atoms with E-state index in [1.54, 1.807) is 30.4 Å². The first kappa shape index (κ1) is 23.4. The average molecular weight is 474 g/mol. The topological polar surface area (TPSA) is 38.8 Å². The van der Waals surface area contributed by atoms with Crippen molar-refractivity contribution in [2.24, 2.45) is 0 Å². The monoisotopic (exact) mass is 473 g/mol. The predicted octanol–water partition coefficient (Wildman–Crippen LogP) is 6.06. The van der Waals surface area contributed by atoms with Gasteiger partial charge in [0.1, 0.15) is 29.0 Å². The van der Waals surface area contributed by atoms with Crippen molar-refractivity contribution < 1.29 is 14.3 Å². The highest BCUT2D eigenvalue weighted by Gasteiger charge is 2.31. The van der Waals surface area contributed by atoms with Crippen LogP contribution in [0.1, 0.15) is 23.6 Å². The van der Waals surface area contributed by atoms with Crippen molar-refractivity contribution in [3.05, 3.63) is 75.7 Å². The van der Waals surface area contributed by atoms with Crippen molar-refractivity contribution in [3.63, 3.8) is 0 Å². The van der Waals surface area contributed by atoms with E-state index in [-0.39, 0.29) is 5.91 Å². The van der Waals surface area contributed by atoms with E-state index < -0.39 is 0 Å². The Balaban J connectivity index is 1.68. The predicted molar refractivity (Wildman–Crippen MR) is 133 cm³/mol. The molecule has 1 heterocycles. The summed E-state index contributed by atoms with van der Waals surface area (Å²) in [4.78, 5) is 14.7. The molecule has 1 amide bonds. The molecule has 0 radical (unpaired) electrons. The molecule has 0 aliphatic carbocycles. The number of thiocarbonyl (C=S) groups is 1. The number of benzene rings is 2. The van der Waals surface area contributed by atoms with Crippen molar-refractivity contribution in [2.75, 3.05) is 19.8 Å². The minimum atomic E-state index is -0.143. The van der Waals surface area contributed by atoms with Gasteiger partial charge in [0.15, 0.2) is 0 Å². The molecule has 2 aromatic carbocycles. The van der Waals surface area contributed by atoms with Crippen molar-refractivity contribution >= 4 is 51.9 Å². The van der Waals surface area contributed by atoms with Crippen LogP contribution in [0.4, 0.5) is 0 Å². The van der Waals surface area contributed by atoms with Gasteiger partial charge in [-0.1, -0.05) is 54.6 Å². The smallest absolute Gasteiger partial charge is 0.266 e. The van der Waals surface area contributed by atoms with Crippen molar-refractivity contribution in [1.82, 2.24) is 4.90 Å². The van der Waals surface area contributed by atoms with E-state index in [0.717, 1.165) is 17.7 Å². The largest absolute Gasteiger partial charge is 0.490 e. The molecular weight excluding hydrogens is 450 g/mol. The molecule has 0 bridgehead atoms. The first-order valence-electron chi connectivity index (χ1n) is 9.93. The summed E-state index contributed by atoms with van der Waals surface area (Å²) in [6.45, 7) is 8.99. The van der Waals surface area contributed by atoms with Gasteiger partial charge in [0.25, 0.3) is 5.91 Å². The fourth-order valence-electron chi connectivity index (χ4n) is 3.11. The lowest BCUT2D eigenvalue weighted by Gasteiger charge is -2.12. The second-order valence-electron chi connectivity index (χ2n) is 6.97. The lowest BCUT2D eigenvalue weighted by atomic mass is 10.1. The van der Waals surface area contributed by atoms with E-state index in [4.69, 9.17) is 33.3 Å². The van der Waals surface area contributed by atoms with E-state index in [9.17, 15) is 4.79 Å². The maximum Gasteiger partial charge on any atom is 0.266 e. The molecule has 3 rings (SSSR count). The number of aryl methyl sites for hydroxylation is 2. The van der Waals surface area contributed by atoms with Crippen LogP contribution in [0.25, 0.3) is 6.08 Å². The van der Waals surface area contributed by atoms with Crippen LogP contribution in [0, 0.1) is 6.92 Å². The molecule has 0 atom stereocenters. The Hall–Kier alpha value is -2.28. The van der Waals surface area contributed by atoms with Gasteiger partial charge in [0.2, 0.25) is 0 Å². The number of ether oxygens (including phenoxy) is 2. The average Bonchev–Trinajstić information content (AvgIpc) is 2.99. The highest BCUT2D eigenvalue weighted by atomic mass is 35.5. The highest BCUT2D eigenvalue weighted by Crippen LogP contribution is 2.35. The molecule has 0 unspecified atom stereocenters. The van der Waals surface area contributed by atoms with Crippen LogP contribution in [0.2, 0.25) is 5.02 Å². The van der Waals surface area contributed by atoms with Crippen LogP contribution in [0.3, 0.4) is 0 Å². The number of hydrogen-bond donors (Lipinski definition) is 0. The number of carbonyl (C=O) groups is 1. The van der Waals surface area contributed by atoms with E-state index >= 15 is 0 Å². The molecular formula is C24H24ClNO3S2. The number of amides is 1. The van der Waals surface area contributed by atoms with Gasteiger partial charge in [-0.05, 0) is 60.9 Å². The van der Waals surface area contributed by atoms with Crippen LogP contribution in [-0.4, -0.2) is 34.9 Å². The van der Waals surface area contributed by atoms with Crippen molar-refractivity contribution in [3.8, 4) is 11.5 Å². The van der Waals surface area contributed by atoms with E-state index in [1.807, 2.05) is 12.1 Å². The first-order chi connectivity index (χ1) is 14.9. The quantitative estimate of drug-likeness (QED) is 0.192. The molecule has 1 fully saturated rings. The second-order valence-corrected chi connectivity index (χ2v) is 9.08. The summed E-state index contributed by atoms with van der Waals surface area (Å²) >= 11 is 12.7.